The number of rotatable bonds is 1. The largest absolute Gasteiger partial charge is 0.506 e. The van der Waals surface area contributed by atoms with Gasteiger partial charge >= 0.3 is 0 Å². The van der Waals surface area contributed by atoms with E-state index in [1.165, 1.54) is 6.20 Å². The minimum atomic E-state index is 0.167. The van der Waals surface area contributed by atoms with Crippen LogP contribution in [0.1, 0.15) is 11.3 Å². The van der Waals surface area contributed by atoms with Gasteiger partial charge in [-0.15, -0.1) is 11.6 Å². The third-order valence-corrected chi connectivity index (χ3v) is 1.53. The summed E-state index contributed by atoms with van der Waals surface area (Å²) in [5, 5.41) is 9.09. The van der Waals surface area contributed by atoms with Crippen LogP contribution >= 0.6 is 11.6 Å². The minimum absolute atomic E-state index is 0.167. The molecule has 0 aromatic carbocycles. The van der Waals surface area contributed by atoms with Crippen molar-refractivity contribution in [2.24, 2.45) is 0 Å². The Hall–Kier alpha value is -0.760. The highest BCUT2D eigenvalue weighted by atomic mass is 35.5. The average molecular weight is 158 g/mol. The molecule has 54 valence electrons. The molecule has 0 radical (unpaired) electrons. The van der Waals surface area contributed by atoms with E-state index in [0.717, 1.165) is 11.3 Å². The molecule has 0 unspecified atom stereocenters. The van der Waals surface area contributed by atoms with Gasteiger partial charge < -0.3 is 5.11 Å². The Labute approximate surface area is 64.5 Å². The van der Waals surface area contributed by atoms with Crippen LogP contribution in [0.25, 0.3) is 0 Å². The van der Waals surface area contributed by atoms with E-state index in [2.05, 4.69) is 4.98 Å². The zero-order valence-corrected chi connectivity index (χ0v) is 6.39. The van der Waals surface area contributed by atoms with Crippen molar-refractivity contribution in [1.82, 2.24) is 4.98 Å². The van der Waals surface area contributed by atoms with Crippen LogP contribution in [-0.4, -0.2) is 10.1 Å². The van der Waals surface area contributed by atoms with Crippen LogP contribution in [0, 0.1) is 6.92 Å². The van der Waals surface area contributed by atoms with Gasteiger partial charge in [0.2, 0.25) is 0 Å². The SMILES string of the molecule is Cc1cc(CCl)c(O)cn1. The first kappa shape index (κ1) is 7.35. The van der Waals surface area contributed by atoms with Crippen molar-refractivity contribution < 1.29 is 5.11 Å². The lowest BCUT2D eigenvalue weighted by Crippen LogP contribution is -1.84. The van der Waals surface area contributed by atoms with Crippen molar-refractivity contribution in [1.29, 1.82) is 0 Å². The van der Waals surface area contributed by atoms with Gasteiger partial charge in [0, 0.05) is 11.3 Å². The van der Waals surface area contributed by atoms with Gasteiger partial charge in [-0.25, -0.2) is 0 Å². The molecule has 3 heteroatoms. The van der Waals surface area contributed by atoms with Crippen molar-refractivity contribution >= 4 is 11.6 Å². The molecule has 0 spiro atoms. The number of aromatic nitrogens is 1. The zero-order valence-electron chi connectivity index (χ0n) is 5.63. The zero-order chi connectivity index (χ0) is 7.56. The lowest BCUT2D eigenvalue weighted by Gasteiger charge is -1.99. The van der Waals surface area contributed by atoms with Crippen LogP contribution < -0.4 is 0 Å². The summed E-state index contributed by atoms with van der Waals surface area (Å²) < 4.78 is 0. The minimum Gasteiger partial charge on any atom is -0.506 e. The van der Waals surface area contributed by atoms with Crippen LogP contribution in [0.4, 0.5) is 0 Å². The van der Waals surface area contributed by atoms with Crippen molar-refractivity contribution in [3.63, 3.8) is 0 Å². The number of aryl methyl sites for hydroxylation is 1. The standard InChI is InChI=1S/C7H8ClNO/c1-5-2-6(3-8)7(10)4-9-5/h2,4,10H,3H2,1H3. The normalized spacial score (nSPS) is 9.80. The summed E-state index contributed by atoms with van der Waals surface area (Å²) in [5.41, 5.74) is 1.60. The van der Waals surface area contributed by atoms with Gasteiger partial charge in [0.1, 0.15) is 5.75 Å². The number of nitrogens with zero attached hydrogens (tertiary/aromatic N) is 1. The highest BCUT2D eigenvalue weighted by Crippen LogP contribution is 2.17. The predicted molar refractivity (Wildman–Crippen MR) is 40.2 cm³/mol. The van der Waals surface area contributed by atoms with Crippen LogP contribution in [0.15, 0.2) is 12.3 Å². The van der Waals surface area contributed by atoms with E-state index in [-0.39, 0.29) is 5.75 Å². The van der Waals surface area contributed by atoms with E-state index in [4.69, 9.17) is 16.7 Å². The average Bonchev–Trinajstić information content (AvgIpc) is 1.94. The summed E-state index contributed by atoms with van der Waals surface area (Å²) in [5.74, 6) is 0.496. The summed E-state index contributed by atoms with van der Waals surface area (Å²) in [4.78, 5) is 3.88. The maximum Gasteiger partial charge on any atom is 0.138 e. The molecule has 0 amide bonds. The molecule has 2 nitrogen and oxygen atoms in total. The Morgan fingerprint density at radius 3 is 2.90 bits per heavy atom. The number of pyridine rings is 1. The number of alkyl halides is 1. The van der Waals surface area contributed by atoms with E-state index in [1.807, 2.05) is 6.92 Å². The quantitative estimate of drug-likeness (QED) is 0.631. The van der Waals surface area contributed by atoms with E-state index in [0.29, 0.717) is 5.88 Å². The van der Waals surface area contributed by atoms with Gasteiger partial charge in [-0.1, -0.05) is 0 Å². The van der Waals surface area contributed by atoms with Crippen molar-refractivity contribution in [3.8, 4) is 5.75 Å². The third kappa shape index (κ3) is 1.39. The smallest absolute Gasteiger partial charge is 0.138 e. The topological polar surface area (TPSA) is 33.1 Å². The molecule has 0 saturated heterocycles. The van der Waals surface area contributed by atoms with Gasteiger partial charge in [0.25, 0.3) is 0 Å². The highest BCUT2D eigenvalue weighted by Gasteiger charge is 1.98. The summed E-state index contributed by atoms with van der Waals surface area (Å²) in [6.07, 6.45) is 1.41. The highest BCUT2D eigenvalue weighted by molar-refractivity contribution is 6.17. The van der Waals surface area contributed by atoms with Gasteiger partial charge in [-0.3, -0.25) is 4.98 Å². The Morgan fingerprint density at radius 2 is 2.40 bits per heavy atom. The summed E-state index contributed by atoms with van der Waals surface area (Å²) in [6.45, 7) is 1.86. The Morgan fingerprint density at radius 1 is 1.70 bits per heavy atom. The van der Waals surface area contributed by atoms with Crippen molar-refractivity contribution in [2.45, 2.75) is 12.8 Å². The van der Waals surface area contributed by atoms with E-state index >= 15 is 0 Å². The summed E-state index contributed by atoms with van der Waals surface area (Å²) in [6, 6.07) is 1.77. The fourth-order valence-corrected chi connectivity index (χ4v) is 0.930. The second kappa shape index (κ2) is 2.88. The lowest BCUT2D eigenvalue weighted by molar-refractivity contribution is 0.467. The molecule has 0 atom stereocenters. The second-order valence-electron chi connectivity index (χ2n) is 2.09. The fraction of sp³-hybridized carbons (Fsp3) is 0.286. The van der Waals surface area contributed by atoms with E-state index < -0.39 is 0 Å². The lowest BCUT2D eigenvalue weighted by atomic mass is 10.2. The molecule has 0 fully saturated rings. The molecule has 1 aromatic heterocycles. The predicted octanol–water partition coefficient (Wildman–Crippen LogP) is 1.83. The molecule has 0 bridgehead atoms. The van der Waals surface area contributed by atoms with Gasteiger partial charge in [-0.05, 0) is 13.0 Å². The maximum absolute atomic E-state index is 9.09. The Bertz CT molecular complexity index is 237. The molecule has 0 aliphatic heterocycles. The fourth-order valence-electron chi connectivity index (χ4n) is 0.716. The Kier molecular flexibility index (Phi) is 2.12. The molecular formula is C7H8ClNO. The summed E-state index contributed by atoms with van der Waals surface area (Å²) >= 11 is 5.52. The molecular weight excluding hydrogens is 150 g/mol. The van der Waals surface area contributed by atoms with E-state index in [9.17, 15) is 0 Å². The molecule has 1 N–H and O–H groups in total. The van der Waals surface area contributed by atoms with Crippen molar-refractivity contribution in [2.75, 3.05) is 0 Å². The maximum atomic E-state index is 9.09. The van der Waals surface area contributed by atoms with Crippen LogP contribution in [0.5, 0.6) is 5.75 Å². The first-order chi connectivity index (χ1) is 4.74. The van der Waals surface area contributed by atoms with Crippen molar-refractivity contribution in [3.05, 3.63) is 23.5 Å². The number of aromatic hydroxyl groups is 1. The van der Waals surface area contributed by atoms with Gasteiger partial charge in [0.05, 0.1) is 12.1 Å². The first-order valence-electron chi connectivity index (χ1n) is 2.94. The van der Waals surface area contributed by atoms with E-state index in [1.54, 1.807) is 6.07 Å². The molecule has 0 aliphatic carbocycles. The molecule has 0 aliphatic rings. The summed E-state index contributed by atoms with van der Waals surface area (Å²) in [7, 11) is 0. The molecule has 0 saturated carbocycles. The number of hydrogen-bond donors (Lipinski definition) is 1. The number of halogens is 1. The number of hydrogen-bond acceptors (Lipinski definition) is 2. The monoisotopic (exact) mass is 157 g/mol. The second-order valence-corrected chi connectivity index (χ2v) is 2.36. The molecule has 10 heavy (non-hydrogen) atoms. The first-order valence-corrected chi connectivity index (χ1v) is 3.48. The molecule has 1 aromatic rings. The molecule has 1 heterocycles. The molecule has 1 rings (SSSR count). The van der Waals surface area contributed by atoms with Crippen LogP contribution in [0.2, 0.25) is 0 Å². The third-order valence-electron chi connectivity index (χ3n) is 1.25. The van der Waals surface area contributed by atoms with Gasteiger partial charge in [0.15, 0.2) is 0 Å². The van der Waals surface area contributed by atoms with Gasteiger partial charge in [-0.2, -0.15) is 0 Å². The Balaban J connectivity index is 3.09. The van der Waals surface area contributed by atoms with Crippen LogP contribution in [0.3, 0.4) is 0 Å². The van der Waals surface area contributed by atoms with Crippen LogP contribution in [-0.2, 0) is 5.88 Å².